The van der Waals surface area contributed by atoms with Crippen molar-refractivity contribution in [2.24, 2.45) is 5.92 Å². The standard InChI is InChI=1S/C14H26N2O.ClH/c1-3-14(9-4-10-15-14)13(17)16-12-7-5-11(2)6-8-12;/h11-12,15H,3-10H2,1-2H3,(H,16,17);1H. The van der Waals surface area contributed by atoms with Crippen molar-refractivity contribution in [2.45, 2.75) is 70.4 Å². The van der Waals surface area contributed by atoms with Gasteiger partial charge in [-0.15, -0.1) is 12.4 Å². The Bertz CT molecular complexity index is 269. The normalized spacial score (nSPS) is 35.9. The lowest BCUT2D eigenvalue weighted by molar-refractivity contribution is -0.128. The maximum Gasteiger partial charge on any atom is 0.240 e. The number of halogens is 1. The SMILES string of the molecule is CCC1(C(=O)NC2CCC(C)CC2)CCCN1.Cl. The molecule has 0 bridgehead atoms. The maximum atomic E-state index is 12.4. The van der Waals surface area contributed by atoms with Crippen LogP contribution in [0.5, 0.6) is 0 Å². The van der Waals surface area contributed by atoms with Gasteiger partial charge in [0.1, 0.15) is 0 Å². The Morgan fingerprint density at radius 3 is 2.50 bits per heavy atom. The number of amides is 1. The van der Waals surface area contributed by atoms with E-state index in [0.29, 0.717) is 6.04 Å². The molecule has 1 atom stereocenters. The third-order valence-electron chi connectivity index (χ3n) is 4.63. The van der Waals surface area contributed by atoms with Crippen LogP contribution in [-0.4, -0.2) is 24.0 Å². The number of hydrogen-bond donors (Lipinski definition) is 2. The van der Waals surface area contributed by atoms with Crippen LogP contribution in [-0.2, 0) is 4.79 Å². The molecule has 0 aromatic rings. The van der Waals surface area contributed by atoms with Crippen LogP contribution in [0.2, 0.25) is 0 Å². The molecular formula is C14H27ClN2O. The highest BCUT2D eigenvalue weighted by Crippen LogP contribution is 2.26. The van der Waals surface area contributed by atoms with Crippen LogP contribution >= 0.6 is 12.4 Å². The molecule has 2 aliphatic rings. The molecule has 0 aromatic heterocycles. The first kappa shape index (κ1) is 15.8. The molecule has 3 nitrogen and oxygen atoms in total. The quantitative estimate of drug-likeness (QED) is 0.831. The van der Waals surface area contributed by atoms with E-state index < -0.39 is 0 Å². The fourth-order valence-electron chi connectivity index (χ4n) is 3.19. The fourth-order valence-corrected chi connectivity index (χ4v) is 3.19. The average molecular weight is 275 g/mol. The topological polar surface area (TPSA) is 41.1 Å². The third-order valence-corrected chi connectivity index (χ3v) is 4.63. The van der Waals surface area contributed by atoms with Crippen LogP contribution in [0.15, 0.2) is 0 Å². The number of carbonyl (C=O) groups excluding carboxylic acids is 1. The Hall–Kier alpha value is -0.280. The van der Waals surface area contributed by atoms with E-state index >= 15 is 0 Å². The second-order valence-electron chi connectivity index (χ2n) is 5.90. The second-order valence-corrected chi connectivity index (χ2v) is 5.90. The molecule has 1 aliphatic heterocycles. The first-order chi connectivity index (χ1) is 8.16. The molecule has 2 N–H and O–H groups in total. The average Bonchev–Trinajstić information content (AvgIpc) is 2.82. The molecule has 18 heavy (non-hydrogen) atoms. The summed E-state index contributed by atoms with van der Waals surface area (Å²) in [5.74, 6) is 1.09. The smallest absolute Gasteiger partial charge is 0.240 e. The lowest BCUT2D eigenvalue weighted by Crippen LogP contribution is -2.55. The summed E-state index contributed by atoms with van der Waals surface area (Å²) in [7, 11) is 0. The van der Waals surface area contributed by atoms with E-state index in [-0.39, 0.29) is 23.9 Å². The van der Waals surface area contributed by atoms with Crippen molar-refractivity contribution < 1.29 is 4.79 Å². The van der Waals surface area contributed by atoms with Gasteiger partial charge in [-0.05, 0) is 57.4 Å². The molecule has 2 rings (SSSR count). The minimum absolute atomic E-state index is 0. The molecule has 1 aliphatic carbocycles. The van der Waals surface area contributed by atoms with Gasteiger partial charge in [0.25, 0.3) is 0 Å². The van der Waals surface area contributed by atoms with Crippen molar-refractivity contribution in [3.05, 3.63) is 0 Å². The van der Waals surface area contributed by atoms with Gasteiger partial charge < -0.3 is 10.6 Å². The minimum atomic E-state index is -0.261. The van der Waals surface area contributed by atoms with E-state index in [1.165, 1.54) is 12.8 Å². The third kappa shape index (κ3) is 3.39. The number of rotatable bonds is 3. The van der Waals surface area contributed by atoms with Crippen LogP contribution in [0.25, 0.3) is 0 Å². The maximum absolute atomic E-state index is 12.4. The zero-order valence-electron chi connectivity index (χ0n) is 11.6. The van der Waals surface area contributed by atoms with E-state index in [2.05, 4.69) is 24.5 Å². The van der Waals surface area contributed by atoms with Crippen molar-refractivity contribution in [3.8, 4) is 0 Å². The van der Waals surface area contributed by atoms with Gasteiger partial charge in [-0.3, -0.25) is 4.79 Å². The summed E-state index contributed by atoms with van der Waals surface area (Å²) < 4.78 is 0. The molecule has 0 spiro atoms. The summed E-state index contributed by atoms with van der Waals surface area (Å²) in [5.41, 5.74) is -0.261. The van der Waals surface area contributed by atoms with Gasteiger partial charge >= 0.3 is 0 Å². The zero-order valence-corrected chi connectivity index (χ0v) is 12.4. The Morgan fingerprint density at radius 2 is 2.00 bits per heavy atom. The lowest BCUT2D eigenvalue weighted by Gasteiger charge is -2.32. The van der Waals surface area contributed by atoms with Crippen molar-refractivity contribution in [1.82, 2.24) is 10.6 Å². The molecule has 2 fully saturated rings. The number of carbonyl (C=O) groups is 1. The van der Waals surface area contributed by atoms with E-state index in [1.807, 2.05) is 0 Å². The van der Waals surface area contributed by atoms with Crippen molar-refractivity contribution in [1.29, 1.82) is 0 Å². The van der Waals surface area contributed by atoms with Crippen LogP contribution in [0.4, 0.5) is 0 Å². The highest BCUT2D eigenvalue weighted by molar-refractivity contribution is 5.86. The number of nitrogens with one attached hydrogen (secondary N) is 2. The van der Waals surface area contributed by atoms with Gasteiger partial charge in [0.15, 0.2) is 0 Å². The lowest BCUT2D eigenvalue weighted by atomic mass is 9.86. The highest BCUT2D eigenvalue weighted by atomic mass is 35.5. The summed E-state index contributed by atoms with van der Waals surface area (Å²) in [6, 6.07) is 0.421. The van der Waals surface area contributed by atoms with Crippen molar-refractivity contribution >= 4 is 18.3 Å². The van der Waals surface area contributed by atoms with Crippen LogP contribution < -0.4 is 10.6 Å². The van der Waals surface area contributed by atoms with E-state index in [9.17, 15) is 4.79 Å². The molecule has 4 heteroatoms. The van der Waals surface area contributed by atoms with Gasteiger partial charge in [-0.2, -0.15) is 0 Å². The summed E-state index contributed by atoms with van der Waals surface area (Å²) in [6.45, 7) is 5.41. The predicted octanol–water partition coefficient (Wildman–Crippen LogP) is 2.64. The van der Waals surface area contributed by atoms with Gasteiger partial charge in [-0.1, -0.05) is 13.8 Å². The molecule has 0 aromatic carbocycles. The first-order valence-corrected chi connectivity index (χ1v) is 7.22. The van der Waals surface area contributed by atoms with E-state index in [1.54, 1.807) is 0 Å². The van der Waals surface area contributed by atoms with Crippen LogP contribution in [0.3, 0.4) is 0 Å². The van der Waals surface area contributed by atoms with Crippen LogP contribution in [0, 0.1) is 5.92 Å². The molecule has 1 unspecified atom stereocenters. The van der Waals surface area contributed by atoms with Crippen molar-refractivity contribution in [2.75, 3.05) is 6.54 Å². The van der Waals surface area contributed by atoms with Gasteiger partial charge in [0, 0.05) is 6.04 Å². The van der Waals surface area contributed by atoms with Gasteiger partial charge in [-0.25, -0.2) is 0 Å². The van der Waals surface area contributed by atoms with Gasteiger partial charge in [0.05, 0.1) is 5.54 Å². The zero-order chi connectivity index (χ0) is 12.3. The Balaban J connectivity index is 0.00000162. The monoisotopic (exact) mass is 274 g/mol. The Kier molecular flexibility index (Phi) is 5.93. The molecule has 1 saturated heterocycles. The predicted molar refractivity (Wildman–Crippen MR) is 77.1 cm³/mol. The van der Waals surface area contributed by atoms with E-state index in [4.69, 9.17) is 0 Å². The second kappa shape index (κ2) is 6.76. The molecule has 106 valence electrons. The Morgan fingerprint density at radius 1 is 1.33 bits per heavy atom. The summed E-state index contributed by atoms with van der Waals surface area (Å²) in [5, 5.41) is 6.68. The molecule has 1 heterocycles. The summed E-state index contributed by atoms with van der Waals surface area (Å²) >= 11 is 0. The number of hydrogen-bond acceptors (Lipinski definition) is 2. The fraction of sp³-hybridized carbons (Fsp3) is 0.929. The molecule has 1 saturated carbocycles. The minimum Gasteiger partial charge on any atom is -0.352 e. The molecule has 0 radical (unpaired) electrons. The summed E-state index contributed by atoms with van der Waals surface area (Å²) in [4.78, 5) is 12.4. The van der Waals surface area contributed by atoms with Crippen LogP contribution in [0.1, 0.15) is 58.8 Å². The van der Waals surface area contributed by atoms with Gasteiger partial charge in [0.2, 0.25) is 5.91 Å². The Labute approximate surface area is 117 Å². The summed E-state index contributed by atoms with van der Waals surface area (Å²) in [6.07, 6.45) is 7.87. The van der Waals surface area contributed by atoms with Crippen molar-refractivity contribution in [3.63, 3.8) is 0 Å². The largest absolute Gasteiger partial charge is 0.352 e. The highest BCUT2D eigenvalue weighted by Gasteiger charge is 2.39. The van der Waals surface area contributed by atoms with E-state index in [0.717, 1.165) is 44.6 Å². The molecule has 1 amide bonds. The first-order valence-electron chi connectivity index (χ1n) is 7.22. The molecular weight excluding hydrogens is 248 g/mol.